The van der Waals surface area contributed by atoms with Crippen LogP contribution >= 0.6 is 0 Å². The van der Waals surface area contributed by atoms with E-state index in [-0.39, 0.29) is 11.3 Å². The molecule has 0 aliphatic carbocycles. The van der Waals surface area contributed by atoms with Gasteiger partial charge in [-0.1, -0.05) is 18.2 Å². The quantitative estimate of drug-likeness (QED) is 0.821. The molecule has 3 N–H and O–H groups in total. The SMILES string of the molecule is COCc1ccccc1Nc1cc(C(=O)OC)c(N)cn1. The highest BCUT2D eigenvalue weighted by atomic mass is 16.5. The highest BCUT2D eigenvalue weighted by molar-refractivity contribution is 5.95. The minimum atomic E-state index is -0.497. The average molecular weight is 287 g/mol. The van der Waals surface area contributed by atoms with Crippen LogP contribution in [0.5, 0.6) is 0 Å². The van der Waals surface area contributed by atoms with Gasteiger partial charge in [0.1, 0.15) is 5.82 Å². The summed E-state index contributed by atoms with van der Waals surface area (Å²) in [6.45, 7) is 0.474. The van der Waals surface area contributed by atoms with Gasteiger partial charge in [-0.05, 0) is 12.1 Å². The Kier molecular flexibility index (Phi) is 4.73. The lowest BCUT2D eigenvalue weighted by Crippen LogP contribution is -2.08. The summed E-state index contributed by atoms with van der Waals surface area (Å²) in [7, 11) is 2.94. The molecule has 0 spiro atoms. The number of carbonyl (C=O) groups is 1. The lowest BCUT2D eigenvalue weighted by atomic mass is 10.2. The van der Waals surface area contributed by atoms with Crippen molar-refractivity contribution in [3.63, 3.8) is 0 Å². The molecular formula is C15H17N3O3. The summed E-state index contributed by atoms with van der Waals surface area (Å²) in [5.74, 6) is 0.0104. The summed E-state index contributed by atoms with van der Waals surface area (Å²) >= 11 is 0. The van der Waals surface area contributed by atoms with E-state index in [0.717, 1.165) is 11.3 Å². The number of ether oxygens (including phenoxy) is 2. The van der Waals surface area contributed by atoms with Gasteiger partial charge in [0.05, 0.1) is 31.2 Å². The summed E-state index contributed by atoms with van der Waals surface area (Å²) in [6, 6.07) is 9.25. The third-order valence-corrected chi connectivity index (χ3v) is 2.92. The van der Waals surface area contributed by atoms with Crippen LogP contribution in [0.1, 0.15) is 15.9 Å². The standard InChI is InChI=1S/C15H17N3O3/c1-20-9-10-5-3-4-6-13(10)18-14-7-11(15(19)21-2)12(16)8-17-14/h3-8H,9,16H2,1-2H3,(H,17,18). The lowest BCUT2D eigenvalue weighted by Gasteiger charge is -2.12. The third-order valence-electron chi connectivity index (χ3n) is 2.92. The van der Waals surface area contributed by atoms with E-state index >= 15 is 0 Å². The largest absolute Gasteiger partial charge is 0.465 e. The second-order valence-electron chi connectivity index (χ2n) is 4.36. The Bertz CT molecular complexity index is 644. The number of anilines is 3. The molecule has 0 saturated heterocycles. The van der Waals surface area contributed by atoms with Crippen LogP contribution < -0.4 is 11.1 Å². The van der Waals surface area contributed by atoms with Gasteiger partial charge < -0.3 is 20.5 Å². The normalized spacial score (nSPS) is 10.2. The van der Waals surface area contributed by atoms with Crippen molar-refractivity contribution in [2.75, 3.05) is 25.3 Å². The van der Waals surface area contributed by atoms with Gasteiger partial charge in [0, 0.05) is 18.4 Å². The average Bonchev–Trinajstić information content (AvgIpc) is 2.50. The Morgan fingerprint density at radius 3 is 2.81 bits per heavy atom. The van der Waals surface area contributed by atoms with Crippen LogP contribution in [0.15, 0.2) is 36.5 Å². The number of hydrogen-bond donors (Lipinski definition) is 2. The number of aromatic nitrogens is 1. The highest BCUT2D eigenvalue weighted by Gasteiger charge is 2.12. The molecule has 0 fully saturated rings. The van der Waals surface area contributed by atoms with Crippen LogP contribution in [0.4, 0.5) is 17.2 Å². The lowest BCUT2D eigenvalue weighted by molar-refractivity contribution is 0.0602. The molecule has 0 atom stereocenters. The van der Waals surface area contributed by atoms with E-state index in [4.69, 9.17) is 15.2 Å². The van der Waals surface area contributed by atoms with Gasteiger partial charge in [-0.25, -0.2) is 9.78 Å². The van der Waals surface area contributed by atoms with Crippen molar-refractivity contribution in [3.05, 3.63) is 47.7 Å². The monoisotopic (exact) mass is 287 g/mol. The fourth-order valence-electron chi connectivity index (χ4n) is 1.88. The third kappa shape index (κ3) is 3.49. The Morgan fingerprint density at radius 2 is 2.10 bits per heavy atom. The number of para-hydroxylation sites is 1. The van der Waals surface area contributed by atoms with Crippen molar-refractivity contribution in [1.82, 2.24) is 4.98 Å². The number of nitrogens with two attached hydrogens (primary N) is 1. The number of methoxy groups -OCH3 is 2. The number of pyridine rings is 1. The van der Waals surface area contributed by atoms with E-state index in [2.05, 4.69) is 10.3 Å². The summed E-state index contributed by atoms with van der Waals surface area (Å²) < 4.78 is 9.84. The van der Waals surface area contributed by atoms with Crippen molar-refractivity contribution in [3.8, 4) is 0 Å². The second-order valence-corrected chi connectivity index (χ2v) is 4.36. The summed E-state index contributed by atoms with van der Waals surface area (Å²) in [5, 5.41) is 3.15. The number of hydrogen-bond acceptors (Lipinski definition) is 6. The Morgan fingerprint density at radius 1 is 1.33 bits per heavy atom. The van der Waals surface area contributed by atoms with E-state index in [0.29, 0.717) is 12.4 Å². The fraction of sp³-hybridized carbons (Fsp3) is 0.200. The first-order valence-corrected chi connectivity index (χ1v) is 6.33. The zero-order valence-corrected chi connectivity index (χ0v) is 11.9. The molecule has 0 aliphatic rings. The van der Waals surface area contributed by atoms with Crippen LogP contribution in [0.2, 0.25) is 0 Å². The first-order chi connectivity index (χ1) is 10.2. The smallest absolute Gasteiger partial charge is 0.340 e. The van der Waals surface area contributed by atoms with Crippen LogP contribution in [-0.2, 0) is 16.1 Å². The topological polar surface area (TPSA) is 86.5 Å². The fourth-order valence-corrected chi connectivity index (χ4v) is 1.88. The molecule has 2 rings (SSSR count). The van der Waals surface area contributed by atoms with Crippen molar-refractivity contribution < 1.29 is 14.3 Å². The zero-order valence-electron chi connectivity index (χ0n) is 11.9. The van der Waals surface area contributed by atoms with Gasteiger partial charge >= 0.3 is 5.97 Å². The number of benzene rings is 1. The predicted octanol–water partition coefficient (Wildman–Crippen LogP) is 2.34. The molecule has 6 heteroatoms. The molecule has 21 heavy (non-hydrogen) atoms. The Balaban J connectivity index is 2.30. The first-order valence-electron chi connectivity index (χ1n) is 6.33. The highest BCUT2D eigenvalue weighted by Crippen LogP contribution is 2.22. The number of nitrogens with zero attached hydrogens (tertiary/aromatic N) is 1. The molecule has 0 amide bonds. The molecule has 110 valence electrons. The number of carbonyl (C=O) groups excluding carboxylic acids is 1. The molecule has 2 aromatic rings. The minimum Gasteiger partial charge on any atom is -0.465 e. The van der Waals surface area contributed by atoms with Gasteiger partial charge in [0.15, 0.2) is 0 Å². The van der Waals surface area contributed by atoms with Crippen molar-refractivity contribution in [2.45, 2.75) is 6.61 Å². The summed E-state index contributed by atoms with van der Waals surface area (Å²) in [4.78, 5) is 15.8. The van der Waals surface area contributed by atoms with Crippen LogP contribution in [0, 0.1) is 0 Å². The maximum absolute atomic E-state index is 11.6. The van der Waals surface area contributed by atoms with Gasteiger partial charge in [0.25, 0.3) is 0 Å². The van der Waals surface area contributed by atoms with Gasteiger partial charge in [0.2, 0.25) is 0 Å². The first kappa shape index (κ1) is 14.8. The molecule has 1 heterocycles. The molecule has 0 unspecified atom stereocenters. The molecule has 6 nitrogen and oxygen atoms in total. The van der Waals surface area contributed by atoms with Crippen molar-refractivity contribution in [1.29, 1.82) is 0 Å². The van der Waals surface area contributed by atoms with Crippen molar-refractivity contribution >= 4 is 23.2 Å². The van der Waals surface area contributed by atoms with Crippen molar-refractivity contribution in [2.24, 2.45) is 0 Å². The minimum absolute atomic E-state index is 0.276. The second kappa shape index (κ2) is 6.71. The van der Waals surface area contributed by atoms with Gasteiger partial charge in [-0.2, -0.15) is 0 Å². The molecule has 0 aliphatic heterocycles. The summed E-state index contributed by atoms with van der Waals surface area (Å²) in [5.41, 5.74) is 8.12. The van der Waals surface area contributed by atoms with Crippen LogP contribution in [-0.4, -0.2) is 25.2 Å². The number of nitrogens with one attached hydrogen (secondary N) is 1. The number of esters is 1. The van der Waals surface area contributed by atoms with E-state index in [1.807, 2.05) is 24.3 Å². The number of nitrogen functional groups attached to an aromatic ring is 1. The summed E-state index contributed by atoms with van der Waals surface area (Å²) in [6.07, 6.45) is 1.42. The Labute approximate surface area is 122 Å². The molecular weight excluding hydrogens is 270 g/mol. The van der Waals surface area contributed by atoms with Crippen LogP contribution in [0.25, 0.3) is 0 Å². The van der Waals surface area contributed by atoms with E-state index in [9.17, 15) is 4.79 Å². The predicted molar refractivity (Wildman–Crippen MR) is 80.4 cm³/mol. The molecule has 0 bridgehead atoms. The van der Waals surface area contributed by atoms with E-state index in [1.54, 1.807) is 13.2 Å². The molecule has 1 aromatic carbocycles. The maximum atomic E-state index is 11.6. The molecule has 1 aromatic heterocycles. The maximum Gasteiger partial charge on any atom is 0.340 e. The van der Waals surface area contributed by atoms with E-state index in [1.165, 1.54) is 13.3 Å². The zero-order chi connectivity index (χ0) is 15.2. The van der Waals surface area contributed by atoms with Crippen LogP contribution in [0.3, 0.4) is 0 Å². The van der Waals surface area contributed by atoms with Gasteiger partial charge in [-0.15, -0.1) is 0 Å². The number of rotatable bonds is 5. The van der Waals surface area contributed by atoms with E-state index < -0.39 is 5.97 Å². The molecule has 0 radical (unpaired) electrons. The Hall–Kier alpha value is -2.60. The van der Waals surface area contributed by atoms with Gasteiger partial charge in [-0.3, -0.25) is 0 Å². The molecule has 0 saturated carbocycles.